The van der Waals surface area contributed by atoms with E-state index in [0.717, 1.165) is 5.75 Å². The van der Waals surface area contributed by atoms with Crippen LogP contribution < -0.4 is 0 Å². The third-order valence-corrected chi connectivity index (χ3v) is 3.22. The molecule has 0 bridgehead atoms. The summed E-state index contributed by atoms with van der Waals surface area (Å²) in [5, 5.41) is 17.8. The predicted octanol–water partition coefficient (Wildman–Crippen LogP) is 0.327. The van der Waals surface area contributed by atoms with E-state index >= 15 is 0 Å². The van der Waals surface area contributed by atoms with Crippen LogP contribution in [0.25, 0.3) is 0 Å². The predicted molar refractivity (Wildman–Crippen MR) is 39.1 cm³/mol. The molecule has 0 aromatic carbocycles. The maximum Gasteiger partial charge on any atom is 0.336 e. The lowest BCUT2D eigenvalue weighted by molar-refractivity contribution is -0.157. The number of aliphatic hydroxyl groups is 1. The van der Waals surface area contributed by atoms with Gasteiger partial charge in [0, 0.05) is 5.25 Å². The highest BCUT2D eigenvalue weighted by Gasteiger charge is 2.45. The first-order chi connectivity index (χ1) is 4.57. The molecule has 0 aliphatic carbocycles. The zero-order chi connectivity index (χ0) is 7.78. The SMILES string of the molecule is C[C@H]1SCC[C@]1(O)C(=O)O. The number of carboxylic acids is 1. The third kappa shape index (κ3) is 1.01. The van der Waals surface area contributed by atoms with E-state index in [-0.39, 0.29) is 5.25 Å². The fraction of sp³-hybridized carbons (Fsp3) is 0.833. The Balaban J connectivity index is 2.75. The molecule has 2 N–H and O–H groups in total. The van der Waals surface area contributed by atoms with Crippen molar-refractivity contribution in [2.75, 3.05) is 5.75 Å². The van der Waals surface area contributed by atoms with Crippen LogP contribution >= 0.6 is 11.8 Å². The highest BCUT2D eigenvalue weighted by molar-refractivity contribution is 8.00. The summed E-state index contributed by atoms with van der Waals surface area (Å²) in [4.78, 5) is 10.5. The number of carbonyl (C=O) groups is 1. The number of aliphatic carboxylic acids is 1. The van der Waals surface area contributed by atoms with Crippen molar-refractivity contribution in [1.82, 2.24) is 0 Å². The number of hydrogen-bond donors (Lipinski definition) is 2. The molecule has 0 spiro atoms. The summed E-state index contributed by atoms with van der Waals surface area (Å²) in [6.07, 6.45) is 0.369. The molecule has 0 saturated carbocycles. The van der Waals surface area contributed by atoms with Crippen LogP contribution in [0.1, 0.15) is 13.3 Å². The lowest BCUT2D eigenvalue weighted by Gasteiger charge is -2.20. The average molecular weight is 162 g/mol. The molecule has 0 unspecified atom stereocenters. The van der Waals surface area contributed by atoms with Crippen molar-refractivity contribution in [3.63, 3.8) is 0 Å². The average Bonchev–Trinajstić information content (AvgIpc) is 2.15. The minimum absolute atomic E-state index is 0.176. The van der Waals surface area contributed by atoms with Gasteiger partial charge in [-0.1, -0.05) is 0 Å². The molecule has 1 aliphatic heterocycles. The van der Waals surface area contributed by atoms with Gasteiger partial charge in [0.2, 0.25) is 0 Å². The molecule has 0 aromatic heterocycles. The van der Waals surface area contributed by atoms with Crippen LogP contribution in [0.15, 0.2) is 0 Å². The summed E-state index contributed by atoms with van der Waals surface area (Å²) < 4.78 is 0. The smallest absolute Gasteiger partial charge is 0.336 e. The molecular formula is C6H10O3S. The van der Waals surface area contributed by atoms with Crippen LogP contribution in [0, 0.1) is 0 Å². The molecule has 58 valence electrons. The van der Waals surface area contributed by atoms with E-state index in [9.17, 15) is 9.90 Å². The first-order valence-electron chi connectivity index (χ1n) is 3.15. The lowest BCUT2D eigenvalue weighted by Crippen LogP contribution is -2.43. The topological polar surface area (TPSA) is 57.5 Å². The Labute approximate surface area is 63.4 Å². The van der Waals surface area contributed by atoms with Gasteiger partial charge in [0.05, 0.1) is 0 Å². The van der Waals surface area contributed by atoms with Crippen LogP contribution in [0.3, 0.4) is 0 Å². The van der Waals surface area contributed by atoms with Crippen molar-refractivity contribution in [3.8, 4) is 0 Å². The number of carboxylic acid groups (broad SMARTS) is 1. The third-order valence-electron chi connectivity index (χ3n) is 1.89. The van der Waals surface area contributed by atoms with Crippen LogP contribution in [0.4, 0.5) is 0 Å². The van der Waals surface area contributed by atoms with Gasteiger partial charge in [0.15, 0.2) is 5.60 Å². The Bertz CT molecular complexity index is 159. The van der Waals surface area contributed by atoms with Crippen LogP contribution in [0.5, 0.6) is 0 Å². The Morgan fingerprint density at radius 1 is 1.80 bits per heavy atom. The Kier molecular flexibility index (Phi) is 1.92. The van der Waals surface area contributed by atoms with Crippen molar-refractivity contribution in [1.29, 1.82) is 0 Å². The van der Waals surface area contributed by atoms with E-state index in [1.165, 1.54) is 11.8 Å². The minimum atomic E-state index is -1.47. The van der Waals surface area contributed by atoms with Gasteiger partial charge in [0.25, 0.3) is 0 Å². The standard InChI is InChI=1S/C6H10O3S/c1-4-6(9,5(7)8)2-3-10-4/h4,9H,2-3H2,1H3,(H,7,8)/t4-,6-/m1/s1. The van der Waals surface area contributed by atoms with Gasteiger partial charge in [-0.25, -0.2) is 4.79 Å². The van der Waals surface area contributed by atoms with Crippen LogP contribution in [0.2, 0.25) is 0 Å². The first kappa shape index (κ1) is 7.88. The zero-order valence-electron chi connectivity index (χ0n) is 5.70. The molecule has 4 heteroatoms. The highest BCUT2D eigenvalue weighted by Crippen LogP contribution is 2.35. The molecule has 1 heterocycles. The van der Waals surface area contributed by atoms with Gasteiger partial charge >= 0.3 is 5.97 Å². The van der Waals surface area contributed by atoms with Crippen molar-refractivity contribution < 1.29 is 15.0 Å². The number of thioether (sulfide) groups is 1. The lowest BCUT2D eigenvalue weighted by atomic mass is 9.98. The van der Waals surface area contributed by atoms with Gasteiger partial charge in [-0.2, -0.15) is 11.8 Å². The Morgan fingerprint density at radius 2 is 2.40 bits per heavy atom. The summed E-state index contributed by atoms with van der Waals surface area (Å²) >= 11 is 1.50. The maximum atomic E-state index is 10.5. The van der Waals surface area contributed by atoms with E-state index in [2.05, 4.69) is 0 Å². The van der Waals surface area contributed by atoms with E-state index in [1.54, 1.807) is 6.92 Å². The first-order valence-corrected chi connectivity index (χ1v) is 4.19. The molecule has 2 atom stereocenters. The molecule has 1 rings (SSSR count). The van der Waals surface area contributed by atoms with Gasteiger partial charge < -0.3 is 10.2 Å². The van der Waals surface area contributed by atoms with Crippen LogP contribution in [-0.4, -0.2) is 32.8 Å². The fourth-order valence-corrected chi connectivity index (χ4v) is 2.29. The Morgan fingerprint density at radius 3 is 2.60 bits per heavy atom. The molecule has 0 aromatic rings. The summed E-state index contributed by atoms with van der Waals surface area (Å²) in [5.74, 6) is -0.353. The fourth-order valence-electron chi connectivity index (χ4n) is 1.01. The largest absolute Gasteiger partial charge is 0.479 e. The molecule has 3 nitrogen and oxygen atoms in total. The van der Waals surface area contributed by atoms with Gasteiger partial charge in [-0.3, -0.25) is 0 Å². The second-order valence-electron chi connectivity index (χ2n) is 2.49. The number of rotatable bonds is 1. The molecule has 10 heavy (non-hydrogen) atoms. The quantitative estimate of drug-likeness (QED) is 0.583. The number of hydrogen-bond acceptors (Lipinski definition) is 3. The van der Waals surface area contributed by atoms with Crippen molar-refractivity contribution in [2.24, 2.45) is 0 Å². The summed E-state index contributed by atoms with van der Waals surface area (Å²) in [6.45, 7) is 1.74. The summed E-state index contributed by atoms with van der Waals surface area (Å²) in [6, 6.07) is 0. The zero-order valence-corrected chi connectivity index (χ0v) is 6.52. The summed E-state index contributed by atoms with van der Waals surface area (Å²) in [7, 11) is 0. The normalized spacial score (nSPS) is 40.0. The van der Waals surface area contributed by atoms with Gasteiger partial charge in [0.1, 0.15) is 0 Å². The monoisotopic (exact) mass is 162 g/mol. The minimum Gasteiger partial charge on any atom is -0.479 e. The Hall–Kier alpha value is -0.220. The molecular weight excluding hydrogens is 152 g/mol. The molecule has 1 fully saturated rings. The second-order valence-corrected chi connectivity index (χ2v) is 3.94. The highest BCUT2D eigenvalue weighted by atomic mass is 32.2. The maximum absolute atomic E-state index is 10.5. The van der Waals surface area contributed by atoms with E-state index < -0.39 is 11.6 Å². The van der Waals surface area contributed by atoms with Gasteiger partial charge in [-0.05, 0) is 19.1 Å². The van der Waals surface area contributed by atoms with E-state index in [1.807, 2.05) is 0 Å². The van der Waals surface area contributed by atoms with Gasteiger partial charge in [-0.15, -0.1) is 0 Å². The molecule has 0 amide bonds. The molecule has 0 radical (unpaired) electrons. The molecule has 1 aliphatic rings. The summed E-state index contributed by atoms with van der Waals surface area (Å²) in [5.41, 5.74) is -1.47. The second kappa shape index (κ2) is 2.43. The van der Waals surface area contributed by atoms with Crippen molar-refractivity contribution >= 4 is 17.7 Å². The molecule has 1 saturated heterocycles. The van der Waals surface area contributed by atoms with Crippen LogP contribution in [-0.2, 0) is 4.79 Å². The van der Waals surface area contributed by atoms with E-state index in [0.29, 0.717) is 6.42 Å². The van der Waals surface area contributed by atoms with Crippen molar-refractivity contribution in [3.05, 3.63) is 0 Å². The van der Waals surface area contributed by atoms with Crippen molar-refractivity contribution in [2.45, 2.75) is 24.2 Å². The van der Waals surface area contributed by atoms with E-state index in [4.69, 9.17) is 5.11 Å².